The molecule has 0 aromatic heterocycles. The molecule has 0 fully saturated rings. The summed E-state index contributed by atoms with van der Waals surface area (Å²) >= 11 is 0. The van der Waals surface area contributed by atoms with Crippen molar-refractivity contribution in [1.29, 1.82) is 0 Å². The molecular weight excluding hydrogens is 167 g/mol. The monoisotopic (exact) mass is 172 g/mol. The first-order valence-electron chi connectivity index (χ1n) is 2.35. The average molecular weight is 172 g/mol. The zero-order valence-corrected chi connectivity index (χ0v) is 8.31. The third-order valence-corrected chi connectivity index (χ3v) is 1.63. The van der Waals surface area contributed by atoms with Crippen LogP contribution in [0.1, 0.15) is 0 Å². The number of nitrogens with one attached hydrogen (secondary N) is 1. The van der Waals surface area contributed by atoms with Gasteiger partial charge in [0.2, 0.25) is 5.17 Å². The van der Waals surface area contributed by atoms with E-state index in [9.17, 15) is 13.0 Å². The van der Waals surface area contributed by atoms with Crippen LogP contribution in [0.15, 0.2) is 4.99 Å². The minimum Gasteiger partial charge on any atom is -0.742 e. The molecule has 0 saturated carbocycles. The van der Waals surface area contributed by atoms with Gasteiger partial charge in [-0.05, 0) is 0 Å². The molecule has 0 radical (unpaired) electrons. The van der Waals surface area contributed by atoms with E-state index >= 15 is 0 Å². The minimum atomic E-state index is -4.31. The molecule has 52 valence electrons. The minimum absolute atomic E-state index is 0. The molecule has 0 saturated heterocycles. The number of amidine groups is 1. The van der Waals surface area contributed by atoms with E-state index < -0.39 is 15.3 Å². The van der Waals surface area contributed by atoms with Gasteiger partial charge in [-0.25, -0.2) is 8.42 Å². The van der Waals surface area contributed by atoms with Gasteiger partial charge in [0.15, 0.2) is 10.1 Å². The molecule has 0 aromatic carbocycles. The van der Waals surface area contributed by atoms with E-state index in [1.165, 1.54) is 0 Å². The van der Waals surface area contributed by atoms with E-state index in [0.29, 0.717) is 13.1 Å². The Morgan fingerprint density at radius 1 is 1.60 bits per heavy atom. The Hall–Kier alpha value is 0.380. The SMILES string of the molecule is O=S(=O)([O-])C1=NCCN1.[Na+]. The average Bonchev–Trinajstić information content (AvgIpc) is 2.08. The smallest absolute Gasteiger partial charge is 0.742 e. The van der Waals surface area contributed by atoms with Crippen molar-refractivity contribution in [3.63, 3.8) is 0 Å². The molecule has 1 aliphatic heterocycles. The Bertz CT molecular complexity index is 234. The quantitative estimate of drug-likeness (QED) is 0.295. The van der Waals surface area contributed by atoms with Crippen molar-refractivity contribution in [2.24, 2.45) is 4.99 Å². The Balaban J connectivity index is 0.000000810. The first-order chi connectivity index (χ1) is 4.11. The van der Waals surface area contributed by atoms with Gasteiger partial charge in [0.25, 0.3) is 0 Å². The molecule has 0 aliphatic carbocycles. The number of nitrogens with zero attached hydrogens (tertiary/aromatic N) is 1. The molecule has 0 aromatic rings. The van der Waals surface area contributed by atoms with Crippen LogP contribution in [0.4, 0.5) is 0 Å². The normalized spacial score (nSPS) is 17.1. The molecule has 1 rings (SSSR count). The van der Waals surface area contributed by atoms with Gasteiger partial charge in [0.05, 0.1) is 6.54 Å². The number of hydrogen-bond donors (Lipinski definition) is 1. The third-order valence-electron chi connectivity index (χ3n) is 0.880. The van der Waals surface area contributed by atoms with Gasteiger partial charge in [-0.15, -0.1) is 0 Å². The molecule has 0 amide bonds. The van der Waals surface area contributed by atoms with Gasteiger partial charge in [0, 0.05) is 6.54 Å². The Kier molecular flexibility index (Phi) is 3.82. The van der Waals surface area contributed by atoms with E-state index in [-0.39, 0.29) is 29.6 Å². The molecule has 0 atom stereocenters. The molecule has 1 aliphatic rings. The summed E-state index contributed by atoms with van der Waals surface area (Å²) in [5.74, 6) is 0. The molecule has 0 bridgehead atoms. The van der Waals surface area contributed by atoms with Gasteiger partial charge in [0.1, 0.15) is 0 Å². The fourth-order valence-electron chi connectivity index (χ4n) is 0.544. The van der Waals surface area contributed by atoms with Gasteiger partial charge >= 0.3 is 29.6 Å². The Morgan fingerprint density at radius 3 is 2.40 bits per heavy atom. The van der Waals surface area contributed by atoms with Crippen LogP contribution in [0.3, 0.4) is 0 Å². The summed E-state index contributed by atoms with van der Waals surface area (Å²) in [6.45, 7) is 0.813. The maximum Gasteiger partial charge on any atom is 1.00 e. The predicted molar refractivity (Wildman–Crippen MR) is 30.0 cm³/mol. The molecule has 0 spiro atoms. The second kappa shape index (κ2) is 3.68. The number of aliphatic imine (C=N–C) groups is 1. The van der Waals surface area contributed by atoms with Crippen molar-refractivity contribution in [2.75, 3.05) is 13.1 Å². The molecule has 0 unspecified atom stereocenters. The molecule has 5 nitrogen and oxygen atoms in total. The van der Waals surface area contributed by atoms with Crippen LogP contribution in [0.5, 0.6) is 0 Å². The fraction of sp³-hybridized carbons (Fsp3) is 0.667. The Morgan fingerprint density at radius 2 is 2.20 bits per heavy atom. The topological polar surface area (TPSA) is 81.6 Å². The predicted octanol–water partition coefficient (Wildman–Crippen LogP) is -4.51. The zero-order valence-electron chi connectivity index (χ0n) is 5.49. The van der Waals surface area contributed by atoms with Crippen molar-refractivity contribution in [1.82, 2.24) is 5.32 Å². The van der Waals surface area contributed by atoms with Crippen LogP contribution in [0, 0.1) is 0 Å². The second-order valence-electron chi connectivity index (χ2n) is 1.57. The zero-order chi connectivity index (χ0) is 6.91. The van der Waals surface area contributed by atoms with E-state index in [1.807, 2.05) is 0 Å². The fourth-order valence-corrected chi connectivity index (χ4v) is 1.07. The number of hydrogen-bond acceptors (Lipinski definition) is 5. The van der Waals surface area contributed by atoms with E-state index in [4.69, 9.17) is 0 Å². The summed E-state index contributed by atoms with van der Waals surface area (Å²) in [5.41, 5.74) is 0. The third kappa shape index (κ3) is 2.55. The molecule has 1 heterocycles. The van der Waals surface area contributed by atoms with Gasteiger partial charge < -0.3 is 9.87 Å². The molecule has 10 heavy (non-hydrogen) atoms. The largest absolute Gasteiger partial charge is 1.00 e. The van der Waals surface area contributed by atoms with E-state index in [2.05, 4.69) is 10.3 Å². The van der Waals surface area contributed by atoms with Gasteiger partial charge in [-0.1, -0.05) is 0 Å². The molecule has 1 N–H and O–H groups in total. The van der Waals surface area contributed by atoms with Crippen molar-refractivity contribution in [3.05, 3.63) is 0 Å². The molecular formula is C3H5N2NaO3S. The van der Waals surface area contributed by atoms with E-state index in [0.717, 1.165) is 0 Å². The second-order valence-corrected chi connectivity index (χ2v) is 2.86. The summed E-state index contributed by atoms with van der Waals surface area (Å²) in [5, 5.41) is 1.92. The summed E-state index contributed by atoms with van der Waals surface area (Å²) in [6, 6.07) is 0. The Labute approximate surface area is 81.0 Å². The van der Waals surface area contributed by atoms with Crippen LogP contribution < -0.4 is 34.9 Å². The van der Waals surface area contributed by atoms with Crippen molar-refractivity contribution in [3.8, 4) is 0 Å². The van der Waals surface area contributed by atoms with Crippen LogP contribution in [-0.4, -0.2) is 31.2 Å². The summed E-state index contributed by atoms with van der Waals surface area (Å²) in [4.78, 5) is 3.41. The van der Waals surface area contributed by atoms with Crippen LogP contribution in [0.25, 0.3) is 0 Å². The standard InChI is InChI=1S/C3H6N2O3S.Na/c6-9(7,8)3-4-1-2-5-3;/h1-2H2,(H,4,5)(H,6,7,8);/q;+1/p-1. The van der Waals surface area contributed by atoms with Crippen LogP contribution in [-0.2, 0) is 10.1 Å². The maximum atomic E-state index is 10.1. The first-order valence-corrected chi connectivity index (χ1v) is 3.76. The van der Waals surface area contributed by atoms with Crippen molar-refractivity contribution >= 4 is 15.3 Å². The van der Waals surface area contributed by atoms with Crippen molar-refractivity contribution in [2.45, 2.75) is 0 Å². The van der Waals surface area contributed by atoms with Crippen LogP contribution >= 0.6 is 0 Å². The van der Waals surface area contributed by atoms with Gasteiger partial charge in [-0.3, -0.25) is 4.99 Å². The maximum absolute atomic E-state index is 10.1. The van der Waals surface area contributed by atoms with Gasteiger partial charge in [-0.2, -0.15) is 0 Å². The summed E-state index contributed by atoms with van der Waals surface area (Å²) in [7, 11) is -4.31. The first kappa shape index (κ1) is 10.4. The van der Waals surface area contributed by atoms with Crippen molar-refractivity contribution < 1.29 is 42.5 Å². The van der Waals surface area contributed by atoms with Crippen LogP contribution in [0.2, 0.25) is 0 Å². The summed E-state index contributed by atoms with van der Waals surface area (Å²) < 4.78 is 30.3. The number of rotatable bonds is 0. The van der Waals surface area contributed by atoms with E-state index in [1.54, 1.807) is 0 Å². The summed E-state index contributed by atoms with van der Waals surface area (Å²) in [6.07, 6.45) is 0. The molecule has 7 heteroatoms.